The van der Waals surface area contributed by atoms with Gasteiger partial charge in [-0.3, -0.25) is 4.79 Å². The van der Waals surface area contributed by atoms with Gasteiger partial charge in [0.15, 0.2) is 0 Å². The highest BCUT2D eigenvalue weighted by Crippen LogP contribution is 2.08. The van der Waals surface area contributed by atoms with Crippen LogP contribution in [0.3, 0.4) is 0 Å². The van der Waals surface area contributed by atoms with Crippen molar-refractivity contribution in [2.75, 3.05) is 6.61 Å². The molecule has 0 saturated heterocycles. The molecule has 14 heavy (non-hydrogen) atoms. The Hall–Kier alpha value is -1.52. The molecule has 0 atom stereocenters. The summed E-state index contributed by atoms with van der Waals surface area (Å²) in [6.45, 7) is 5.76. The van der Waals surface area contributed by atoms with Gasteiger partial charge in [0.1, 0.15) is 0 Å². The molecule has 0 unspecified atom stereocenters. The zero-order valence-electron chi connectivity index (χ0n) is 8.53. The van der Waals surface area contributed by atoms with Crippen LogP contribution < -0.4 is 5.32 Å². The van der Waals surface area contributed by atoms with Crippen molar-refractivity contribution in [2.45, 2.75) is 26.3 Å². The minimum atomic E-state index is -1.21. The van der Waals surface area contributed by atoms with Gasteiger partial charge in [0.2, 0.25) is 5.91 Å². The van der Waals surface area contributed by atoms with E-state index in [4.69, 9.17) is 5.11 Å². The summed E-state index contributed by atoms with van der Waals surface area (Å²) in [6.07, 6.45) is 2.20. The Morgan fingerprint density at radius 2 is 2.21 bits per heavy atom. The highest BCUT2D eigenvalue weighted by atomic mass is 16.7. The summed E-state index contributed by atoms with van der Waals surface area (Å²) in [4.78, 5) is 19.8. The topological polar surface area (TPSA) is 75.6 Å². The maximum absolute atomic E-state index is 10.5. The number of carbonyl (C=O) groups is 2. The maximum Gasteiger partial charge on any atom is 0.505 e. The molecule has 0 spiro atoms. The Morgan fingerprint density at radius 3 is 2.29 bits per heavy atom. The third-order valence-corrected chi connectivity index (χ3v) is 1.36. The maximum atomic E-state index is 10.5. The van der Waals surface area contributed by atoms with Crippen LogP contribution in [0.5, 0.6) is 0 Å². The van der Waals surface area contributed by atoms with Gasteiger partial charge < -0.3 is 15.2 Å². The van der Waals surface area contributed by atoms with Gasteiger partial charge in [-0.05, 0) is 20.8 Å². The minimum Gasteiger partial charge on any atom is -0.450 e. The third kappa shape index (κ3) is 6.05. The third-order valence-electron chi connectivity index (χ3n) is 1.36. The summed E-state index contributed by atoms with van der Waals surface area (Å²) in [5.74, 6) is 0.00926. The molecule has 80 valence electrons. The molecule has 1 aliphatic rings. The molecule has 1 heterocycles. The van der Waals surface area contributed by atoms with Crippen molar-refractivity contribution in [3.8, 4) is 0 Å². The number of carbonyl (C=O) groups excluding carboxylic acids is 1. The van der Waals surface area contributed by atoms with Crippen LogP contribution in [0.25, 0.3) is 0 Å². The Morgan fingerprint density at radius 1 is 1.64 bits per heavy atom. The highest BCUT2D eigenvalue weighted by Gasteiger charge is 2.20. The molecule has 2 N–H and O–H groups in total. The van der Waals surface area contributed by atoms with Crippen molar-refractivity contribution in [1.29, 1.82) is 0 Å². The van der Waals surface area contributed by atoms with E-state index in [9.17, 15) is 9.59 Å². The molecule has 1 amide bonds. The molecule has 0 aromatic rings. The largest absolute Gasteiger partial charge is 0.505 e. The zero-order chi connectivity index (χ0) is 11.2. The Bertz CT molecular complexity index is 245. The van der Waals surface area contributed by atoms with E-state index in [2.05, 4.69) is 10.1 Å². The first kappa shape index (κ1) is 12.5. The van der Waals surface area contributed by atoms with Crippen LogP contribution >= 0.6 is 0 Å². The van der Waals surface area contributed by atoms with E-state index < -0.39 is 6.16 Å². The number of ether oxygens (including phenoxy) is 1. The number of carboxylic acid groups (broad SMARTS) is 1. The lowest BCUT2D eigenvalue weighted by Crippen LogP contribution is -2.35. The molecule has 0 bridgehead atoms. The minimum absolute atomic E-state index is 0.00926. The standard InChI is InChI=1S/C6H9NO.C3H6O3/c1-6(2)4-3-5(8)7-6;1-2-6-3(4)5/h3-4H,1-2H3,(H,7,8);2H2,1H3,(H,4,5). The van der Waals surface area contributed by atoms with Crippen molar-refractivity contribution in [1.82, 2.24) is 5.32 Å². The second kappa shape index (κ2) is 5.26. The number of amides is 1. The number of hydrogen-bond acceptors (Lipinski definition) is 3. The molecule has 0 radical (unpaired) electrons. The molecule has 0 aromatic carbocycles. The van der Waals surface area contributed by atoms with E-state index in [0.29, 0.717) is 0 Å². The average molecular weight is 201 g/mol. The molecular weight excluding hydrogens is 186 g/mol. The van der Waals surface area contributed by atoms with Gasteiger partial charge in [0.25, 0.3) is 0 Å². The SMILES string of the molecule is CC1(C)C=CC(=O)N1.CCOC(=O)O. The van der Waals surface area contributed by atoms with Crippen molar-refractivity contribution in [2.24, 2.45) is 0 Å². The summed E-state index contributed by atoms with van der Waals surface area (Å²) in [7, 11) is 0. The molecule has 0 fully saturated rings. The predicted octanol–water partition coefficient (Wildman–Crippen LogP) is 1.15. The van der Waals surface area contributed by atoms with Gasteiger partial charge in [0, 0.05) is 6.08 Å². The first-order chi connectivity index (χ1) is 6.37. The molecule has 1 rings (SSSR count). The smallest absolute Gasteiger partial charge is 0.450 e. The van der Waals surface area contributed by atoms with E-state index >= 15 is 0 Å². The predicted molar refractivity (Wildman–Crippen MR) is 51.0 cm³/mol. The molecule has 0 saturated carbocycles. The summed E-state index contributed by atoms with van der Waals surface area (Å²) in [5, 5.41) is 10.4. The number of hydrogen-bond donors (Lipinski definition) is 2. The van der Waals surface area contributed by atoms with Gasteiger partial charge >= 0.3 is 6.16 Å². The first-order valence-electron chi connectivity index (χ1n) is 4.24. The monoisotopic (exact) mass is 201 g/mol. The van der Waals surface area contributed by atoms with Gasteiger partial charge in [-0.25, -0.2) is 4.79 Å². The summed E-state index contributed by atoms with van der Waals surface area (Å²) >= 11 is 0. The molecule has 5 nitrogen and oxygen atoms in total. The normalized spacial score (nSPS) is 16.6. The van der Waals surface area contributed by atoms with Crippen LogP contribution in [-0.2, 0) is 9.53 Å². The number of rotatable bonds is 1. The highest BCUT2D eigenvalue weighted by molar-refractivity contribution is 5.91. The molecule has 0 aliphatic carbocycles. The van der Waals surface area contributed by atoms with Crippen molar-refractivity contribution >= 4 is 12.1 Å². The lowest BCUT2D eigenvalue weighted by molar-refractivity contribution is -0.116. The van der Waals surface area contributed by atoms with Crippen LogP contribution in [0, 0.1) is 0 Å². The fourth-order valence-electron chi connectivity index (χ4n) is 0.808. The van der Waals surface area contributed by atoms with E-state index in [1.165, 1.54) is 0 Å². The van der Waals surface area contributed by atoms with Crippen LogP contribution in [-0.4, -0.2) is 29.3 Å². The Labute approximate surface area is 82.7 Å². The van der Waals surface area contributed by atoms with E-state index in [-0.39, 0.29) is 18.1 Å². The van der Waals surface area contributed by atoms with Gasteiger partial charge in [-0.1, -0.05) is 6.08 Å². The number of nitrogens with one attached hydrogen (secondary N) is 1. The summed E-state index contributed by atoms with van der Waals surface area (Å²) < 4.78 is 3.96. The van der Waals surface area contributed by atoms with Crippen LogP contribution in [0.4, 0.5) is 4.79 Å². The average Bonchev–Trinajstić information content (AvgIpc) is 2.29. The van der Waals surface area contributed by atoms with Gasteiger partial charge in [0.05, 0.1) is 12.1 Å². The van der Waals surface area contributed by atoms with Gasteiger partial charge in [-0.15, -0.1) is 0 Å². The molecule has 0 aromatic heterocycles. The zero-order valence-corrected chi connectivity index (χ0v) is 8.53. The van der Waals surface area contributed by atoms with Gasteiger partial charge in [-0.2, -0.15) is 0 Å². The molecule has 5 heteroatoms. The second-order valence-corrected chi connectivity index (χ2v) is 3.24. The van der Waals surface area contributed by atoms with Crippen molar-refractivity contribution in [3.05, 3.63) is 12.2 Å². The van der Waals surface area contributed by atoms with E-state index in [0.717, 1.165) is 0 Å². The summed E-state index contributed by atoms with van der Waals surface area (Å²) in [6, 6.07) is 0. The fraction of sp³-hybridized carbons (Fsp3) is 0.556. The quantitative estimate of drug-likeness (QED) is 0.624. The first-order valence-corrected chi connectivity index (χ1v) is 4.24. The lowest BCUT2D eigenvalue weighted by atomic mass is 10.1. The lowest BCUT2D eigenvalue weighted by Gasteiger charge is -2.14. The van der Waals surface area contributed by atoms with Crippen LogP contribution in [0.15, 0.2) is 12.2 Å². The van der Waals surface area contributed by atoms with Crippen LogP contribution in [0.1, 0.15) is 20.8 Å². The van der Waals surface area contributed by atoms with Crippen molar-refractivity contribution in [3.63, 3.8) is 0 Å². The summed E-state index contributed by atoms with van der Waals surface area (Å²) in [5.41, 5.74) is -0.114. The second-order valence-electron chi connectivity index (χ2n) is 3.24. The Balaban J connectivity index is 0.000000255. The van der Waals surface area contributed by atoms with Crippen LogP contribution in [0.2, 0.25) is 0 Å². The Kier molecular flexibility index (Phi) is 4.69. The van der Waals surface area contributed by atoms with Crippen molar-refractivity contribution < 1.29 is 19.4 Å². The van der Waals surface area contributed by atoms with E-state index in [1.54, 1.807) is 13.0 Å². The molecule has 1 aliphatic heterocycles. The fourth-order valence-corrected chi connectivity index (χ4v) is 0.808. The van der Waals surface area contributed by atoms with E-state index in [1.807, 2.05) is 19.9 Å². The molecular formula is C9H15NO4.